The number of esters is 1. The van der Waals surface area contributed by atoms with E-state index in [1.54, 1.807) is 13.2 Å². The second-order valence-corrected chi connectivity index (χ2v) is 5.13. The molecule has 0 aliphatic rings. The highest BCUT2D eigenvalue weighted by Gasteiger charge is 2.24. The van der Waals surface area contributed by atoms with Crippen molar-refractivity contribution in [3.8, 4) is 5.75 Å². The van der Waals surface area contributed by atoms with Gasteiger partial charge < -0.3 is 9.47 Å². The lowest BCUT2D eigenvalue weighted by atomic mass is 9.84. The third-order valence-corrected chi connectivity index (χ3v) is 2.65. The normalized spacial score (nSPS) is 11.2. The fourth-order valence-electron chi connectivity index (χ4n) is 1.81. The summed E-state index contributed by atoms with van der Waals surface area (Å²) in [6.45, 7) is 8.23. The van der Waals surface area contributed by atoms with E-state index >= 15 is 0 Å². The Morgan fingerprint density at radius 2 is 1.76 bits per heavy atom. The van der Waals surface area contributed by atoms with Crippen LogP contribution in [-0.4, -0.2) is 20.2 Å². The molecule has 0 atom stereocenters. The maximum Gasteiger partial charge on any atom is 0.341 e. The summed E-state index contributed by atoms with van der Waals surface area (Å²) >= 11 is 0. The minimum absolute atomic E-state index is 0.0832. The molecule has 0 aliphatic carbocycles. The SMILES string of the molecule is COC(=O)c1cc(C)cc(C(C)(C)C)c1OC. The Morgan fingerprint density at radius 3 is 2.18 bits per heavy atom. The van der Waals surface area contributed by atoms with Gasteiger partial charge in [-0.05, 0) is 24.0 Å². The van der Waals surface area contributed by atoms with Crippen molar-refractivity contribution in [2.24, 2.45) is 0 Å². The molecule has 94 valence electrons. The van der Waals surface area contributed by atoms with Gasteiger partial charge in [0.1, 0.15) is 11.3 Å². The van der Waals surface area contributed by atoms with Gasteiger partial charge in [0.25, 0.3) is 0 Å². The Labute approximate surface area is 103 Å². The van der Waals surface area contributed by atoms with Crippen LogP contribution < -0.4 is 4.74 Å². The lowest BCUT2D eigenvalue weighted by Crippen LogP contribution is -2.16. The fourth-order valence-corrected chi connectivity index (χ4v) is 1.81. The maximum absolute atomic E-state index is 11.7. The Morgan fingerprint density at radius 1 is 1.18 bits per heavy atom. The van der Waals surface area contributed by atoms with Gasteiger partial charge in [0, 0.05) is 5.56 Å². The molecule has 0 spiro atoms. The lowest BCUT2D eigenvalue weighted by molar-refractivity contribution is 0.0596. The summed E-state index contributed by atoms with van der Waals surface area (Å²) in [5, 5.41) is 0. The smallest absolute Gasteiger partial charge is 0.341 e. The predicted molar refractivity (Wildman–Crippen MR) is 67.8 cm³/mol. The number of rotatable bonds is 2. The van der Waals surface area contributed by atoms with E-state index in [2.05, 4.69) is 20.8 Å². The number of hydrogen-bond acceptors (Lipinski definition) is 3. The van der Waals surface area contributed by atoms with Gasteiger partial charge in [-0.2, -0.15) is 0 Å². The molecule has 0 heterocycles. The summed E-state index contributed by atoms with van der Waals surface area (Å²) in [5.74, 6) is 0.242. The molecular weight excluding hydrogens is 216 g/mol. The van der Waals surface area contributed by atoms with Crippen LogP contribution in [0.25, 0.3) is 0 Å². The Balaban J connectivity index is 3.52. The van der Waals surface area contributed by atoms with Crippen molar-refractivity contribution in [2.75, 3.05) is 14.2 Å². The largest absolute Gasteiger partial charge is 0.496 e. The molecule has 0 bridgehead atoms. The first-order valence-corrected chi connectivity index (χ1v) is 5.58. The van der Waals surface area contributed by atoms with Crippen LogP contribution in [0, 0.1) is 6.92 Å². The monoisotopic (exact) mass is 236 g/mol. The van der Waals surface area contributed by atoms with Crippen molar-refractivity contribution in [3.63, 3.8) is 0 Å². The number of hydrogen-bond donors (Lipinski definition) is 0. The first-order valence-electron chi connectivity index (χ1n) is 5.58. The van der Waals surface area contributed by atoms with Crippen LogP contribution in [0.5, 0.6) is 5.75 Å². The van der Waals surface area contributed by atoms with E-state index in [0.717, 1.165) is 11.1 Å². The Hall–Kier alpha value is -1.51. The molecule has 1 rings (SSSR count). The zero-order valence-corrected chi connectivity index (χ0v) is 11.4. The summed E-state index contributed by atoms with van der Waals surface area (Å²) in [5.41, 5.74) is 2.44. The highest BCUT2D eigenvalue weighted by molar-refractivity contribution is 5.93. The molecule has 0 saturated heterocycles. The van der Waals surface area contributed by atoms with Crippen LogP contribution in [0.2, 0.25) is 0 Å². The van der Waals surface area contributed by atoms with E-state index in [1.807, 2.05) is 13.0 Å². The molecule has 0 radical (unpaired) electrons. The molecule has 1 aromatic carbocycles. The molecule has 0 unspecified atom stereocenters. The minimum Gasteiger partial charge on any atom is -0.496 e. The molecule has 0 fully saturated rings. The summed E-state index contributed by atoms with van der Waals surface area (Å²) in [7, 11) is 2.95. The maximum atomic E-state index is 11.7. The van der Waals surface area contributed by atoms with E-state index in [9.17, 15) is 4.79 Å². The minimum atomic E-state index is -0.365. The second-order valence-electron chi connectivity index (χ2n) is 5.13. The molecule has 0 amide bonds. The Bertz CT molecular complexity index is 428. The highest BCUT2D eigenvalue weighted by Crippen LogP contribution is 2.35. The average molecular weight is 236 g/mol. The summed E-state index contributed by atoms with van der Waals surface area (Å²) in [6, 6.07) is 3.84. The zero-order valence-electron chi connectivity index (χ0n) is 11.4. The number of methoxy groups -OCH3 is 2. The van der Waals surface area contributed by atoms with E-state index in [0.29, 0.717) is 11.3 Å². The summed E-state index contributed by atoms with van der Waals surface area (Å²) in [4.78, 5) is 11.7. The topological polar surface area (TPSA) is 35.5 Å². The van der Waals surface area contributed by atoms with Crippen LogP contribution >= 0.6 is 0 Å². The van der Waals surface area contributed by atoms with Crippen molar-refractivity contribution in [3.05, 3.63) is 28.8 Å². The van der Waals surface area contributed by atoms with Crippen LogP contribution in [0.1, 0.15) is 42.3 Å². The van der Waals surface area contributed by atoms with Crippen LogP contribution in [-0.2, 0) is 10.2 Å². The summed E-state index contributed by atoms with van der Waals surface area (Å²) < 4.78 is 10.2. The van der Waals surface area contributed by atoms with E-state index in [1.165, 1.54) is 7.11 Å². The molecule has 3 heteroatoms. The van der Waals surface area contributed by atoms with Crippen molar-refractivity contribution < 1.29 is 14.3 Å². The van der Waals surface area contributed by atoms with Gasteiger partial charge in [0.15, 0.2) is 0 Å². The average Bonchev–Trinajstić information content (AvgIpc) is 2.25. The second kappa shape index (κ2) is 4.78. The van der Waals surface area contributed by atoms with Gasteiger partial charge in [-0.25, -0.2) is 4.79 Å². The third-order valence-electron chi connectivity index (χ3n) is 2.65. The van der Waals surface area contributed by atoms with E-state index in [-0.39, 0.29) is 11.4 Å². The Kier molecular flexibility index (Phi) is 3.81. The molecule has 0 aliphatic heterocycles. The molecule has 0 N–H and O–H groups in total. The van der Waals surface area contributed by atoms with Crippen molar-refractivity contribution in [1.82, 2.24) is 0 Å². The molecule has 0 saturated carbocycles. The molecule has 1 aromatic rings. The highest BCUT2D eigenvalue weighted by atomic mass is 16.5. The molecular formula is C14H20O3. The number of aryl methyl sites for hydroxylation is 1. The molecule has 17 heavy (non-hydrogen) atoms. The van der Waals surface area contributed by atoms with Gasteiger partial charge in [-0.15, -0.1) is 0 Å². The lowest BCUT2D eigenvalue weighted by Gasteiger charge is -2.24. The van der Waals surface area contributed by atoms with Crippen molar-refractivity contribution in [1.29, 1.82) is 0 Å². The number of carbonyl (C=O) groups is 1. The first kappa shape index (κ1) is 13.6. The van der Waals surface area contributed by atoms with Crippen LogP contribution in [0.4, 0.5) is 0 Å². The molecule has 3 nitrogen and oxygen atoms in total. The van der Waals surface area contributed by atoms with Crippen molar-refractivity contribution >= 4 is 5.97 Å². The number of carbonyl (C=O) groups excluding carboxylic acids is 1. The van der Waals surface area contributed by atoms with Gasteiger partial charge in [0.05, 0.1) is 14.2 Å². The van der Waals surface area contributed by atoms with Crippen molar-refractivity contribution in [2.45, 2.75) is 33.1 Å². The van der Waals surface area contributed by atoms with Gasteiger partial charge in [-0.1, -0.05) is 26.8 Å². The van der Waals surface area contributed by atoms with Gasteiger partial charge in [0.2, 0.25) is 0 Å². The third kappa shape index (κ3) is 2.78. The van der Waals surface area contributed by atoms with Crippen LogP contribution in [0.15, 0.2) is 12.1 Å². The quantitative estimate of drug-likeness (QED) is 0.740. The first-order chi connectivity index (χ1) is 7.81. The van der Waals surface area contributed by atoms with Gasteiger partial charge >= 0.3 is 5.97 Å². The number of benzene rings is 1. The van der Waals surface area contributed by atoms with E-state index in [4.69, 9.17) is 9.47 Å². The zero-order chi connectivity index (χ0) is 13.2. The van der Waals surface area contributed by atoms with E-state index < -0.39 is 0 Å². The van der Waals surface area contributed by atoms with Gasteiger partial charge in [-0.3, -0.25) is 0 Å². The standard InChI is InChI=1S/C14H20O3/c1-9-7-10(13(15)17-6)12(16-5)11(8-9)14(2,3)4/h7-8H,1-6H3. The van der Waals surface area contributed by atoms with Crippen LogP contribution in [0.3, 0.4) is 0 Å². The predicted octanol–water partition coefficient (Wildman–Crippen LogP) is 3.09. The number of ether oxygens (including phenoxy) is 2. The molecule has 0 aromatic heterocycles. The summed E-state index contributed by atoms with van der Waals surface area (Å²) in [6.07, 6.45) is 0. The fraction of sp³-hybridized carbons (Fsp3) is 0.500.